The fourth-order valence-corrected chi connectivity index (χ4v) is 1.98. The summed E-state index contributed by atoms with van der Waals surface area (Å²) in [7, 11) is 2.12. The molecule has 0 aliphatic carbocycles. The highest BCUT2D eigenvalue weighted by Crippen LogP contribution is 2.14. The molecular formula is C11H19N5O. The van der Waals surface area contributed by atoms with Crippen LogP contribution in [0.2, 0.25) is 0 Å². The van der Waals surface area contributed by atoms with Crippen LogP contribution in [0, 0.1) is 0 Å². The molecule has 0 amide bonds. The molecule has 0 radical (unpaired) electrons. The van der Waals surface area contributed by atoms with Crippen molar-refractivity contribution in [3.63, 3.8) is 0 Å². The number of hydrogen-bond acceptors (Lipinski definition) is 6. The highest BCUT2D eigenvalue weighted by molar-refractivity contribution is 5.47. The first-order chi connectivity index (χ1) is 8.28. The van der Waals surface area contributed by atoms with E-state index in [0.717, 1.165) is 31.1 Å². The van der Waals surface area contributed by atoms with Gasteiger partial charge in [0.2, 0.25) is 0 Å². The molecule has 3 N–H and O–H groups in total. The van der Waals surface area contributed by atoms with E-state index in [-0.39, 0.29) is 6.61 Å². The van der Waals surface area contributed by atoms with Crippen molar-refractivity contribution < 1.29 is 5.11 Å². The summed E-state index contributed by atoms with van der Waals surface area (Å²) >= 11 is 0. The fraction of sp³-hybridized carbons (Fsp3) is 0.636. The van der Waals surface area contributed by atoms with Crippen LogP contribution in [0.15, 0.2) is 12.4 Å². The van der Waals surface area contributed by atoms with E-state index in [1.165, 1.54) is 6.33 Å². The molecule has 2 rings (SSSR count). The predicted octanol–water partition coefficient (Wildman–Crippen LogP) is -0.00320. The van der Waals surface area contributed by atoms with E-state index in [1.807, 2.05) is 6.07 Å². The average molecular weight is 237 g/mol. The fourth-order valence-electron chi connectivity index (χ4n) is 1.98. The molecule has 0 aromatic carbocycles. The third kappa shape index (κ3) is 3.54. The third-order valence-electron chi connectivity index (χ3n) is 2.83. The highest BCUT2D eigenvalue weighted by Gasteiger charge is 2.19. The molecule has 1 unspecified atom stereocenters. The Kier molecular flexibility index (Phi) is 4.11. The number of nitrogens with one attached hydrogen (secondary N) is 2. The first-order valence-electron chi connectivity index (χ1n) is 5.90. The van der Waals surface area contributed by atoms with Crippen LogP contribution in [0.1, 0.15) is 6.42 Å². The van der Waals surface area contributed by atoms with Gasteiger partial charge < -0.3 is 20.6 Å². The molecule has 6 nitrogen and oxygen atoms in total. The second-order valence-corrected chi connectivity index (χ2v) is 4.33. The number of hydrogen-bond donors (Lipinski definition) is 3. The zero-order valence-corrected chi connectivity index (χ0v) is 10.1. The second kappa shape index (κ2) is 5.79. The zero-order chi connectivity index (χ0) is 12.1. The lowest BCUT2D eigenvalue weighted by molar-refractivity contribution is 0.311. The van der Waals surface area contributed by atoms with E-state index in [4.69, 9.17) is 5.11 Å². The van der Waals surface area contributed by atoms with Gasteiger partial charge in [0.15, 0.2) is 0 Å². The molecule has 1 saturated heterocycles. The maximum atomic E-state index is 8.73. The van der Waals surface area contributed by atoms with Crippen LogP contribution in [0.25, 0.3) is 0 Å². The van der Waals surface area contributed by atoms with E-state index in [1.54, 1.807) is 0 Å². The predicted molar refractivity (Wildman–Crippen MR) is 67.1 cm³/mol. The minimum Gasteiger partial charge on any atom is -0.395 e. The molecule has 1 atom stereocenters. The first-order valence-corrected chi connectivity index (χ1v) is 5.90. The van der Waals surface area contributed by atoms with Gasteiger partial charge in [0.05, 0.1) is 6.61 Å². The van der Waals surface area contributed by atoms with E-state index in [0.29, 0.717) is 12.6 Å². The van der Waals surface area contributed by atoms with Gasteiger partial charge in [0.1, 0.15) is 18.0 Å². The van der Waals surface area contributed by atoms with Crippen LogP contribution in [0.5, 0.6) is 0 Å². The largest absolute Gasteiger partial charge is 0.395 e. The van der Waals surface area contributed by atoms with E-state index < -0.39 is 0 Å². The number of aliphatic hydroxyl groups is 1. The van der Waals surface area contributed by atoms with Gasteiger partial charge in [-0.25, -0.2) is 9.97 Å². The molecule has 0 bridgehead atoms. The summed E-state index contributed by atoms with van der Waals surface area (Å²) in [4.78, 5) is 10.6. The Morgan fingerprint density at radius 2 is 2.29 bits per heavy atom. The van der Waals surface area contributed by atoms with E-state index in [9.17, 15) is 0 Å². The van der Waals surface area contributed by atoms with Gasteiger partial charge in [-0.05, 0) is 20.0 Å². The first kappa shape index (κ1) is 12.1. The summed E-state index contributed by atoms with van der Waals surface area (Å²) in [5, 5.41) is 15.1. The summed E-state index contributed by atoms with van der Waals surface area (Å²) in [6, 6.07) is 2.33. The molecule has 94 valence electrons. The van der Waals surface area contributed by atoms with Gasteiger partial charge in [0.25, 0.3) is 0 Å². The molecule has 0 saturated carbocycles. The van der Waals surface area contributed by atoms with Gasteiger partial charge >= 0.3 is 0 Å². The number of rotatable bonds is 5. The lowest BCUT2D eigenvalue weighted by atomic mass is 10.2. The SMILES string of the molecule is CN1CCC(Nc2cc(NCCO)ncn2)C1. The number of aromatic nitrogens is 2. The third-order valence-corrected chi connectivity index (χ3v) is 2.83. The monoisotopic (exact) mass is 237 g/mol. The number of aliphatic hydroxyl groups excluding tert-OH is 1. The molecular weight excluding hydrogens is 218 g/mol. The Morgan fingerprint density at radius 1 is 1.47 bits per heavy atom. The maximum Gasteiger partial charge on any atom is 0.131 e. The van der Waals surface area contributed by atoms with Crippen molar-refractivity contribution in [3.8, 4) is 0 Å². The Hall–Kier alpha value is -1.40. The lowest BCUT2D eigenvalue weighted by Crippen LogP contribution is -2.24. The Bertz CT molecular complexity index is 359. The number of nitrogens with zero attached hydrogens (tertiary/aromatic N) is 3. The van der Waals surface area contributed by atoms with Crippen molar-refractivity contribution in [3.05, 3.63) is 12.4 Å². The van der Waals surface area contributed by atoms with Gasteiger partial charge in [-0.3, -0.25) is 0 Å². The van der Waals surface area contributed by atoms with Crippen molar-refractivity contribution in [2.75, 3.05) is 43.9 Å². The summed E-state index contributed by atoms with van der Waals surface area (Å²) in [6.07, 6.45) is 2.67. The van der Waals surface area contributed by atoms with Crippen LogP contribution in [0.3, 0.4) is 0 Å². The Morgan fingerprint density at radius 3 is 3.00 bits per heavy atom. The van der Waals surface area contributed by atoms with Crippen LogP contribution in [0.4, 0.5) is 11.6 Å². The summed E-state index contributed by atoms with van der Waals surface area (Å²) in [5.74, 6) is 1.57. The molecule has 1 aromatic heterocycles. The zero-order valence-electron chi connectivity index (χ0n) is 10.1. The standard InChI is InChI=1S/C11H19N5O/c1-16-4-2-9(7-16)15-11-6-10(12-3-5-17)13-8-14-11/h6,8-9,17H,2-5,7H2,1H3,(H2,12,13,14,15). The number of anilines is 2. The smallest absolute Gasteiger partial charge is 0.131 e. The van der Waals surface area contributed by atoms with E-state index >= 15 is 0 Å². The van der Waals surface area contributed by atoms with Crippen molar-refractivity contribution in [1.82, 2.24) is 14.9 Å². The van der Waals surface area contributed by atoms with Crippen molar-refractivity contribution in [1.29, 1.82) is 0 Å². The van der Waals surface area contributed by atoms with Crippen molar-refractivity contribution >= 4 is 11.6 Å². The van der Waals surface area contributed by atoms with Gasteiger partial charge in [-0.1, -0.05) is 0 Å². The topological polar surface area (TPSA) is 73.3 Å². The molecule has 17 heavy (non-hydrogen) atoms. The summed E-state index contributed by atoms with van der Waals surface area (Å²) < 4.78 is 0. The Balaban J connectivity index is 1.91. The molecule has 1 aromatic rings. The lowest BCUT2D eigenvalue weighted by Gasteiger charge is -2.13. The minimum atomic E-state index is 0.0974. The van der Waals surface area contributed by atoms with Gasteiger partial charge in [-0.2, -0.15) is 0 Å². The average Bonchev–Trinajstić information content (AvgIpc) is 2.73. The minimum absolute atomic E-state index is 0.0974. The molecule has 1 fully saturated rings. The summed E-state index contributed by atoms with van der Waals surface area (Å²) in [6.45, 7) is 2.77. The van der Waals surface area contributed by atoms with Crippen LogP contribution in [-0.2, 0) is 0 Å². The molecule has 1 aliphatic rings. The molecule has 6 heteroatoms. The van der Waals surface area contributed by atoms with Crippen molar-refractivity contribution in [2.24, 2.45) is 0 Å². The van der Waals surface area contributed by atoms with Crippen molar-refractivity contribution in [2.45, 2.75) is 12.5 Å². The number of likely N-dealkylation sites (tertiary alicyclic amines) is 1. The highest BCUT2D eigenvalue weighted by atomic mass is 16.3. The second-order valence-electron chi connectivity index (χ2n) is 4.33. The van der Waals surface area contributed by atoms with E-state index in [2.05, 4.69) is 32.5 Å². The number of likely N-dealkylation sites (N-methyl/N-ethyl adjacent to an activating group) is 1. The quantitative estimate of drug-likeness (QED) is 0.669. The van der Waals surface area contributed by atoms with Gasteiger partial charge in [0, 0.05) is 25.2 Å². The maximum absolute atomic E-state index is 8.73. The molecule has 0 spiro atoms. The van der Waals surface area contributed by atoms with Crippen LogP contribution >= 0.6 is 0 Å². The van der Waals surface area contributed by atoms with Crippen LogP contribution < -0.4 is 10.6 Å². The van der Waals surface area contributed by atoms with Crippen LogP contribution in [-0.4, -0.2) is 59.3 Å². The molecule has 2 heterocycles. The normalized spacial score (nSPS) is 20.5. The molecule has 1 aliphatic heterocycles. The summed E-state index contributed by atoms with van der Waals surface area (Å²) in [5.41, 5.74) is 0. The Labute approximate surface area is 101 Å². The van der Waals surface area contributed by atoms with Gasteiger partial charge in [-0.15, -0.1) is 0 Å².